The predicted octanol–water partition coefficient (Wildman–Crippen LogP) is -3.35. The zero-order valence-corrected chi connectivity index (χ0v) is 12.6. The van der Waals surface area contributed by atoms with E-state index in [9.17, 15) is 0 Å². The fraction of sp³-hybridized carbons (Fsp3) is 0. The van der Waals surface area contributed by atoms with E-state index in [2.05, 4.69) is 4.12 Å². The van der Waals surface area contributed by atoms with Crippen molar-refractivity contribution in [1.82, 2.24) is 0 Å². The van der Waals surface area contributed by atoms with Gasteiger partial charge in [0.25, 0.3) is 0 Å². The third-order valence-corrected chi connectivity index (χ3v) is 0. The molecule has 0 aliphatic rings. The fourth-order valence-corrected chi connectivity index (χ4v) is 0. The summed E-state index contributed by atoms with van der Waals surface area (Å²) in [5, 5.41) is 0. The number of hydrogen-bond donors (Lipinski definition) is 0. The van der Waals surface area contributed by atoms with Gasteiger partial charge in [-0.1, -0.05) is 0 Å². The van der Waals surface area contributed by atoms with Crippen molar-refractivity contribution in [2.24, 2.45) is 0 Å². The fourth-order valence-electron chi connectivity index (χ4n) is 0. The van der Waals surface area contributed by atoms with E-state index in [0.29, 0.717) is 0 Å². The molecular formula is H8OPbSi2. The van der Waals surface area contributed by atoms with Crippen molar-refractivity contribution in [3.05, 3.63) is 0 Å². The summed E-state index contributed by atoms with van der Waals surface area (Å²) in [5.41, 5.74) is 0. The molecule has 0 aromatic heterocycles. The summed E-state index contributed by atoms with van der Waals surface area (Å²) >= 11 is 0. The molecule has 0 saturated carbocycles. The molecule has 0 unspecified atom stereocenters. The van der Waals surface area contributed by atoms with Crippen molar-refractivity contribution in [3.63, 3.8) is 0 Å². The van der Waals surface area contributed by atoms with Crippen LogP contribution in [0.15, 0.2) is 0 Å². The normalized spacial score (nSPS) is 6.00. The molecule has 1 nitrogen and oxygen atoms in total. The maximum Gasteiger partial charge on any atom is 0.129 e. The predicted molar refractivity (Wildman–Crippen MR) is 29.5 cm³/mol. The summed E-state index contributed by atoms with van der Waals surface area (Å²) in [7, 11) is 1.86. The average Bonchev–Trinajstić information content (AvgIpc) is 0.918. The molecule has 0 bridgehead atoms. The summed E-state index contributed by atoms with van der Waals surface area (Å²) in [6.45, 7) is 0. The molecule has 0 spiro atoms. The van der Waals surface area contributed by atoms with Crippen LogP contribution >= 0.6 is 0 Å². The monoisotopic (exact) mass is 288 g/mol. The third-order valence-electron chi connectivity index (χ3n) is 0. The van der Waals surface area contributed by atoms with Gasteiger partial charge in [-0.2, -0.15) is 0 Å². The number of hydrogen-bond acceptors (Lipinski definition) is 1. The molecule has 0 aromatic carbocycles. The molecule has 4 heavy (non-hydrogen) atoms. The van der Waals surface area contributed by atoms with Gasteiger partial charge < -0.3 is 4.12 Å². The van der Waals surface area contributed by atoms with Crippen LogP contribution in [0, 0.1) is 0 Å². The van der Waals surface area contributed by atoms with E-state index in [1.165, 1.54) is 0 Å². The minimum atomic E-state index is 0. The Morgan fingerprint density at radius 1 is 1.25 bits per heavy atom. The summed E-state index contributed by atoms with van der Waals surface area (Å²) in [4.78, 5) is 0. The molecular weight excluding hydrogens is 279 g/mol. The topological polar surface area (TPSA) is 9.23 Å². The summed E-state index contributed by atoms with van der Waals surface area (Å²) in [6.07, 6.45) is 0. The van der Waals surface area contributed by atoms with Crippen LogP contribution in [0.4, 0.5) is 0 Å². The maximum atomic E-state index is 4.53. The Kier molecular flexibility index (Phi) is 19.9. The summed E-state index contributed by atoms with van der Waals surface area (Å²) in [6, 6.07) is 0. The van der Waals surface area contributed by atoms with Crippen LogP contribution in [0.1, 0.15) is 0 Å². The van der Waals surface area contributed by atoms with Gasteiger partial charge in [-0.3, -0.25) is 0 Å². The van der Waals surface area contributed by atoms with Gasteiger partial charge in [-0.25, -0.2) is 0 Å². The molecule has 0 N–H and O–H groups in total. The Bertz CT molecular complexity index is 6.00. The van der Waals surface area contributed by atoms with Crippen molar-refractivity contribution in [3.8, 4) is 0 Å². The smallest absolute Gasteiger partial charge is 0.129 e. The van der Waals surface area contributed by atoms with Crippen molar-refractivity contribution in [2.75, 3.05) is 0 Å². The van der Waals surface area contributed by atoms with Crippen LogP contribution in [0.5, 0.6) is 0 Å². The first kappa shape index (κ1) is 9.01. The van der Waals surface area contributed by atoms with Gasteiger partial charge in [0.1, 0.15) is 21.0 Å². The SMILES string of the molecule is [PbH2].[SiH3]O[SiH3]. The standard InChI is InChI=1S/H6OSi2.Pb.2H/c2-1-3;;;/h2-3H3;;;. The average molecular weight is 287 g/mol. The first-order valence-corrected chi connectivity index (χ1v) is 2.45. The molecule has 0 heterocycles. The van der Waals surface area contributed by atoms with Crippen molar-refractivity contribution in [2.45, 2.75) is 0 Å². The molecule has 0 saturated heterocycles. The van der Waals surface area contributed by atoms with E-state index in [1.54, 1.807) is 0 Å². The van der Waals surface area contributed by atoms with Gasteiger partial charge in [0.05, 0.1) is 0 Å². The molecule has 26 valence electrons. The van der Waals surface area contributed by atoms with E-state index in [4.69, 9.17) is 0 Å². The van der Waals surface area contributed by atoms with E-state index in [1.807, 2.05) is 0 Å². The third kappa shape index (κ3) is 10.3. The van der Waals surface area contributed by atoms with E-state index >= 15 is 0 Å². The van der Waals surface area contributed by atoms with Crippen molar-refractivity contribution < 1.29 is 4.12 Å². The molecule has 0 aromatic rings. The Balaban J connectivity index is 0. The van der Waals surface area contributed by atoms with Gasteiger partial charge >= 0.3 is 27.3 Å². The van der Waals surface area contributed by atoms with Crippen LogP contribution in [-0.4, -0.2) is 48.3 Å². The second-order valence-corrected chi connectivity index (χ2v) is 3.67. The van der Waals surface area contributed by atoms with Gasteiger partial charge in [-0.05, 0) is 0 Å². The largest absolute Gasteiger partial charge is 0.471 e. The van der Waals surface area contributed by atoms with Crippen LogP contribution < -0.4 is 0 Å². The Labute approximate surface area is 52.4 Å². The Hall–Kier alpha value is 1.32. The van der Waals surface area contributed by atoms with Gasteiger partial charge in [0.15, 0.2) is 0 Å². The first-order valence-electron chi connectivity index (χ1n) is 0.816. The Morgan fingerprint density at radius 2 is 1.25 bits per heavy atom. The van der Waals surface area contributed by atoms with Gasteiger partial charge in [-0.15, -0.1) is 0 Å². The van der Waals surface area contributed by atoms with Crippen LogP contribution in [0.3, 0.4) is 0 Å². The van der Waals surface area contributed by atoms with Crippen LogP contribution in [-0.2, 0) is 4.12 Å². The molecule has 0 atom stereocenters. The molecule has 0 rings (SSSR count). The quantitative estimate of drug-likeness (QED) is 0.423. The van der Waals surface area contributed by atoms with Crippen LogP contribution in [0.25, 0.3) is 0 Å². The molecule has 0 aliphatic heterocycles. The molecule has 0 aliphatic carbocycles. The maximum absolute atomic E-state index is 4.53. The number of rotatable bonds is 0. The van der Waals surface area contributed by atoms with Crippen LogP contribution in [0.2, 0.25) is 0 Å². The molecule has 4 heteroatoms. The summed E-state index contributed by atoms with van der Waals surface area (Å²) < 4.78 is 4.53. The second-order valence-electron chi connectivity index (χ2n) is 0.408. The van der Waals surface area contributed by atoms with E-state index < -0.39 is 0 Å². The first-order chi connectivity index (χ1) is 1.41. The summed E-state index contributed by atoms with van der Waals surface area (Å²) in [5.74, 6) is 0. The second kappa shape index (κ2) is 8.85. The minimum absolute atomic E-state index is 0. The Morgan fingerprint density at radius 3 is 1.25 bits per heavy atom. The van der Waals surface area contributed by atoms with Crippen molar-refractivity contribution in [1.29, 1.82) is 0 Å². The molecule has 2 radical (unpaired) electrons. The zero-order chi connectivity index (χ0) is 2.71. The molecule has 0 fully saturated rings. The van der Waals surface area contributed by atoms with E-state index in [-0.39, 0.29) is 27.3 Å². The molecule has 0 amide bonds. The van der Waals surface area contributed by atoms with Gasteiger partial charge in [0.2, 0.25) is 0 Å². The van der Waals surface area contributed by atoms with E-state index in [0.717, 1.165) is 21.0 Å². The van der Waals surface area contributed by atoms with Crippen molar-refractivity contribution >= 4 is 48.3 Å². The zero-order valence-electron chi connectivity index (χ0n) is 3.12. The van der Waals surface area contributed by atoms with Gasteiger partial charge in [0, 0.05) is 0 Å². The minimum Gasteiger partial charge on any atom is -0.471 e.